The fraction of sp³-hybridized carbons (Fsp3) is 0.824. The molecule has 0 radical (unpaired) electrons. The van der Waals surface area contributed by atoms with Gasteiger partial charge in [0.25, 0.3) is 0 Å². The van der Waals surface area contributed by atoms with E-state index in [1.54, 1.807) is 0 Å². The van der Waals surface area contributed by atoms with Crippen LogP contribution in [-0.2, 0) is 6.54 Å². The second-order valence-electron chi connectivity index (χ2n) is 7.62. The highest BCUT2D eigenvalue weighted by Crippen LogP contribution is 2.33. The van der Waals surface area contributed by atoms with Crippen LogP contribution in [0, 0.1) is 19.8 Å². The molecule has 1 fully saturated rings. The summed E-state index contributed by atoms with van der Waals surface area (Å²) >= 11 is 0. The van der Waals surface area contributed by atoms with Gasteiger partial charge >= 0.3 is 0 Å². The van der Waals surface area contributed by atoms with Crippen molar-refractivity contribution in [2.45, 2.75) is 85.4 Å². The standard InChI is InChI=1S/C17H31N3/c1-12-8-7-9-15(10-12)20-14(3)16(13(2)19-20)11-18-17(4,5)6/h12,15,18H,7-11H2,1-6H3. The van der Waals surface area contributed by atoms with Crippen molar-refractivity contribution >= 4 is 0 Å². The number of aromatic nitrogens is 2. The van der Waals surface area contributed by atoms with Gasteiger partial charge in [0.2, 0.25) is 0 Å². The first-order valence-corrected chi connectivity index (χ1v) is 8.07. The van der Waals surface area contributed by atoms with Crippen LogP contribution < -0.4 is 5.32 Å². The number of nitrogens with one attached hydrogen (secondary N) is 1. The number of hydrogen-bond acceptors (Lipinski definition) is 2. The Balaban J connectivity index is 2.15. The normalized spacial score (nSPS) is 24.1. The Hall–Kier alpha value is -0.830. The Morgan fingerprint density at radius 3 is 2.55 bits per heavy atom. The molecule has 1 aromatic heterocycles. The average molecular weight is 277 g/mol. The lowest BCUT2D eigenvalue weighted by molar-refractivity contribution is 0.263. The Labute approximate surface area is 124 Å². The first-order valence-electron chi connectivity index (χ1n) is 8.07. The van der Waals surface area contributed by atoms with Crippen LogP contribution in [-0.4, -0.2) is 15.3 Å². The first-order chi connectivity index (χ1) is 9.28. The van der Waals surface area contributed by atoms with E-state index >= 15 is 0 Å². The minimum atomic E-state index is 0.153. The molecular weight excluding hydrogens is 246 g/mol. The lowest BCUT2D eigenvalue weighted by Gasteiger charge is -2.28. The monoisotopic (exact) mass is 277 g/mol. The van der Waals surface area contributed by atoms with Crippen molar-refractivity contribution < 1.29 is 0 Å². The van der Waals surface area contributed by atoms with Crippen molar-refractivity contribution in [2.75, 3.05) is 0 Å². The van der Waals surface area contributed by atoms with E-state index in [0.29, 0.717) is 6.04 Å². The Kier molecular flexibility index (Phi) is 4.58. The molecular formula is C17H31N3. The second-order valence-corrected chi connectivity index (χ2v) is 7.62. The predicted octanol–water partition coefficient (Wildman–Crippen LogP) is 4.14. The van der Waals surface area contributed by atoms with Gasteiger partial charge in [-0.05, 0) is 53.4 Å². The number of aryl methyl sites for hydroxylation is 1. The third kappa shape index (κ3) is 3.63. The van der Waals surface area contributed by atoms with Gasteiger partial charge in [-0.15, -0.1) is 0 Å². The molecule has 2 atom stereocenters. The molecule has 1 saturated carbocycles. The smallest absolute Gasteiger partial charge is 0.0641 e. The van der Waals surface area contributed by atoms with Crippen molar-refractivity contribution in [3.05, 3.63) is 17.0 Å². The maximum atomic E-state index is 4.85. The summed E-state index contributed by atoms with van der Waals surface area (Å²) < 4.78 is 2.31. The summed E-state index contributed by atoms with van der Waals surface area (Å²) in [7, 11) is 0. The summed E-state index contributed by atoms with van der Waals surface area (Å²) in [6.07, 6.45) is 5.31. The van der Waals surface area contributed by atoms with Gasteiger partial charge in [0, 0.05) is 23.3 Å². The summed E-state index contributed by atoms with van der Waals surface area (Å²) in [5, 5.41) is 8.44. The van der Waals surface area contributed by atoms with E-state index in [4.69, 9.17) is 5.10 Å². The van der Waals surface area contributed by atoms with Crippen LogP contribution in [0.3, 0.4) is 0 Å². The predicted molar refractivity (Wildman–Crippen MR) is 85.0 cm³/mol. The van der Waals surface area contributed by atoms with Gasteiger partial charge in [0.05, 0.1) is 11.7 Å². The Morgan fingerprint density at radius 2 is 1.95 bits per heavy atom. The molecule has 0 aliphatic heterocycles. The van der Waals surface area contributed by atoms with Gasteiger partial charge in [-0.25, -0.2) is 0 Å². The van der Waals surface area contributed by atoms with Crippen molar-refractivity contribution in [3.8, 4) is 0 Å². The average Bonchev–Trinajstić information content (AvgIpc) is 2.61. The van der Waals surface area contributed by atoms with E-state index in [1.807, 2.05) is 0 Å². The third-order valence-electron chi connectivity index (χ3n) is 4.52. The van der Waals surface area contributed by atoms with Gasteiger partial charge in [-0.1, -0.05) is 19.8 Å². The van der Waals surface area contributed by atoms with Crippen LogP contribution in [0.2, 0.25) is 0 Å². The molecule has 1 heterocycles. The molecule has 0 bridgehead atoms. The fourth-order valence-corrected chi connectivity index (χ4v) is 3.29. The lowest BCUT2D eigenvalue weighted by atomic mass is 9.87. The van der Waals surface area contributed by atoms with Crippen molar-refractivity contribution in [3.63, 3.8) is 0 Å². The molecule has 114 valence electrons. The molecule has 3 heteroatoms. The topological polar surface area (TPSA) is 29.9 Å². The zero-order valence-electron chi connectivity index (χ0n) is 14.1. The zero-order valence-corrected chi connectivity index (χ0v) is 14.1. The first kappa shape index (κ1) is 15.6. The Bertz CT molecular complexity index is 454. The minimum absolute atomic E-state index is 0.153. The molecule has 3 nitrogen and oxygen atoms in total. The molecule has 1 N–H and O–H groups in total. The van der Waals surface area contributed by atoms with Gasteiger partial charge in [0.1, 0.15) is 0 Å². The van der Waals surface area contributed by atoms with E-state index in [1.165, 1.54) is 42.6 Å². The minimum Gasteiger partial charge on any atom is -0.308 e. The molecule has 0 saturated heterocycles. The van der Waals surface area contributed by atoms with Crippen molar-refractivity contribution in [1.29, 1.82) is 0 Å². The number of hydrogen-bond donors (Lipinski definition) is 1. The third-order valence-corrected chi connectivity index (χ3v) is 4.52. The fourth-order valence-electron chi connectivity index (χ4n) is 3.29. The highest BCUT2D eigenvalue weighted by Gasteiger charge is 2.24. The molecule has 1 aliphatic rings. The molecule has 2 unspecified atom stereocenters. The molecule has 2 rings (SSSR count). The van der Waals surface area contributed by atoms with E-state index in [0.717, 1.165) is 12.5 Å². The molecule has 1 aromatic rings. The molecule has 20 heavy (non-hydrogen) atoms. The highest BCUT2D eigenvalue weighted by atomic mass is 15.3. The molecule has 1 aliphatic carbocycles. The molecule has 0 spiro atoms. The van der Waals surface area contributed by atoms with Crippen molar-refractivity contribution in [2.24, 2.45) is 5.92 Å². The lowest BCUT2D eigenvalue weighted by Crippen LogP contribution is -2.35. The van der Waals surface area contributed by atoms with E-state index in [-0.39, 0.29) is 5.54 Å². The number of nitrogens with zero attached hydrogens (tertiary/aromatic N) is 2. The van der Waals surface area contributed by atoms with Crippen LogP contribution in [0.5, 0.6) is 0 Å². The number of rotatable bonds is 3. The van der Waals surface area contributed by atoms with E-state index in [2.05, 4.69) is 51.5 Å². The van der Waals surface area contributed by atoms with Crippen LogP contribution in [0.1, 0.15) is 76.4 Å². The summed E-state index contributed by atoms with van der Waals surface area (Å²) in [5.74, 6) is 0.841. The van der Waals surface area contributed by atoms with Gasteiger partial charge in [-0.2, -0.15) is 5.10 Å². The van der Waals surface area contributed by atoms with Crippen LogP contribution in [0.15, 0.2) is 0 Å². The largest absolute Gasteiger partial charge is 0.308 e. The van der Waals surface area contributed by atoms with Gasteiger partial charge in [0.15, 0.2) is 0 Å². The molecule has 0 aromatic carbocycles. The summed E-state index contributed by atoms with van der Waals surface area (Å²) in [6, 6.07) is 0.612. The maximum absolute atomic E-state index is 4.85. The second kappa shape index (κ2) is 5.88. The van der Waals surface area contributed by atoms with Crippen LogP contribution in [0.25, 0.3) is 0 Å². The summed E-state index contributed by atoms with van der Waals surface area (Å²) in [6.45, 7) is 14.3. The van der Waals surface area contributed by atoms with Gasteiger partial charge < -0.3 is 5.32 Å². The highest BCUT2D eigenvalue weighted by molar-refractivity contribution is 5.25. The van der Waals surface area contributed by atoms with Crippen LogP contribution >= 0.6 is 0 Å². The van der Waals surface area contributed by atoms with Gasteiger partial charge in [-0.3, -0.25) is 4.68 Å². The quantitative estimate of drug-likeness (QED) is 0.900. The van der Waals surface area contributed by atoms with Crippen molar-refractivity contribution in [1.82, 2.24) is 15.1 Å². The maximum Gasteiger partial charge on any atom is 0.0641 e. The van der Waals surface area contributed by atoms with E-state index < -0.39 is 0 Å². The SMILES string of the molecule is Cc1nn(C2CCCC(C)C2)c(C)c1CNC(C)(C)C. The van der Waals surface area contributed by atoms with Crippen LogP contribution in [0.4, 0.5) is 0 Å². The van der Waals surface area contributed by atoms with E-state index in [9.17, 15) is 0 Å². The molecule has 0 amide bonds. The zero-order chi connectivity index (χ0) is 14.9. The Morgan fingerprint density at radius 1 is 1.25 bits per heavy atom. The summed E-state index contributed by atoms with van der Waals surface area (Å²) in [5.41, 5.74) is 4.09. The summed E-state index contributed by atoms with van der Waals surface area (Å²) in [4.78, 5) is 0.